The van der Waals surface area contributed by atoms with Crippen molar-refractivity contribution in [3.63, 3.8) is 0 Å². The zero-order chi connectivity index (χ0) is 35.9. The number of fused-ring (bicyclic) bond motifs is 1. The number of imidazole rings is 1. The average Bonchev–Trinajstić information content (AvgIpc) is 3.73. The molecule has 274 valence electrons. The summed E-state index contributed by atoms with van der Waals surface area (Å²) in [6, 6.07) is 3.78. The van der Waals surface area contributed by atoms with Crippen LogP contribution in [-0.2, 0) is 21.4 Å². The number of primary amides is 1. The zero-order valence-corrected chi connectivity index (χ0v) is 29.0. The van der Waals surface area contributed by atoms with Gasteiger partial charge in [0.15, 0.2) is 0 Å². The van der Waals surface area contributed by atoms with Gasteiger partial charge in [-0.2, -0.15) is 5.10 Å². The number of carbonyl (C=O) groups is 3. The molecule has 2 unspecified atom stereocenters. The fourth-order valence-electron chi connectivity index (χ4n) is 9.35. The van der Waals surface area contributed by atoms with Gasteiger partial charge < -0.3 is 26.3 Å². The number of imide groups is 1. The summed E-state index contributed by atoms with van der Waals surface area (Å²) in [5, 5.41) is 10.6. The van der Waals surface area contributed by atoms with E-state index in [9.17, 15) is 28.0 Å². The van der Waals surface area contributed by atoms with Crippen molar-refractivity contribution >= 4 is 40.7 Å². The monoisotopic (exact) mass is 707 g/mol. The van der Waals surface area contributed by atoms with Gasteiger partial charge in [-0.05, 0) is 62.8 Å². The Morgan fingerprint density at radius 2 is 1.88 bits per heavy atom. The molecule has 3 fully saturated rings. The maximum absolute atomic E-state index is 14.2. The number of aryl methyl sites for hydroxylation is 1. The fraction of sp³-hybridized carbons (Fsp3) is 0.583. The van der Waals surface area contributed by atoms with Gasteiger partial charge >= 0.3 is 5.69 Å². The van der Waals surface area contributed by atoms with Crippen molar-refractivity contribution in [2.75, 3.05) is 37.6 Å². The number of piperidine rings is 2. The van der Waals surface area contributed by atoms with Crippen LogP contribution in [0, 0.1) is 11.3 Å². The van der Waals surface area contributed by atoms with Crippen molar-refractivity contribution in [1.29, 1.82) is 0 Å². The molecule has 5 heterocycles. The molecule has 2 saturated heterocycles. The van der Waals surface area contributed by atoms with E-state index in [1.54, 1.807) is 28.8 Å². The number of para-hydroxylation sites is 1. The maximum Gasteiger partial charge on any atom is 0.329 e. The largest absolute Gasteiger partial charge is 0.370 e. The van der Waals surface area contributed by atoms with Crippen molar-refractivity contribution in [3.05, 3.63) is 52.6 Å². The van der Waals surface area contributed by atoms with Gasteiger partial charge in [-0.15, -0.1) is 0 Å². The predicted molar refractivity (Wildman–Crippen MR) is 189 cm³/mol. The first-order valence-corrected chi connectivity index (χ1v) is 18.1. The van der Waals surface area contributed by atoms with Crippen LogP contribution in [0.1, 0.15) is 63.8 Å². The first-order valence-electron chi connectivity index (χ1n) is 18.1. The first-order chi connectivity index (χ1) is 24.6. The summed E-state index contributed by atoms with van der Waals surface area (Å²) in [6.07, 6.45) is 10.7. The molecular formula is C36H47F2N9O4. The number of halogens is 2. The number of aromatic nitrogens is 2. The van der Waals surface area contributed by atoms with Gasteiger partial charge in [0.2, 0.25) is 17.7 Å². The molecular weight excluding hydrogens is 660 g/mol. The van der Waals surface area contributed by atoms with Crippen LogP contribution >= 0.6 is 0 Å². The lowest BCUT2D eigenvalue weighted by Crippen LogP contribution is -2.69. The molecule has 0 radical (unpaired) electrons. The van der Waals surface area contributed by atoms with Crippen LogP contribution in [-0.4, -0.2) is 88.7 Å². The second-order valence-electron chi connectivity index (χ2n) is 14.8. The van der Waals surface area contributed by atoms with E-state index < -0.39 is 35.9 Å². The standard InChI is InChI=1S/C36H47F2N9O4/c1-44-30-25(8-5-9-26(30)47(34(44)51)27-10-11-28(48)43-33(27)50)45-17-12-23(13-18-45)19-40-20-35(14-3-2-4-15-35)36(21-41-42-22-36)46-16-6-7-24(31(37)38)29(46)32(39)49/h5-9,16,21,23,27,29,31,40,42H,2-4,10-15,17-20,22H2,1H3,(H2,39,49)(H,43,48,50)/t27?,29?,36-/m0/s1. The number of carbonyl (C=O) groups excluding carboxylic acids is 3. The first kappa shape index (κ1) is 34.9. The van der Waals surface area contributed by atoms with Crippen LogP contribution in [0.3, 0.4) is 0 Å². The minimum atomic E-state index is -2.81. The van der Waals surface area contributed by atoms with Crippen molar-refractivity contribution in [2.24, 2.45) is 29.2 Å². The molecule has 3 amide bonds. The van der Waals surface area contributed by atoms with Crippen molar-refractivity contribution < 1.29 is 23.2 Å². The Morgan fingerprint density at radius 3 is 2.55 bits per heavy atom. The van der Waals surface area contributed by atoms with E-state index in [4.69, 9.17) is 5.73 Å². The highest BCUT2D eigenvalue weighted by Gasteiger charge is 2.58. The third-order valence-electron chi connectivity index (χ3n) is 12.0. The van der Waals surface area contributed by atoms with Crippen molar-refractivity contribution in [1.82, 2.24) is 30.1 Å². The Morgan fingerprint density at radius 1 is 1.12 bits per heavy atom. The molecule has 5 N–H and O–H groups in total. The Hall–Kier alpha value is -4.53. The molecule has 5 aliphatic rings. The van der Waals surface area contributed by atoms with Crippen LogP contribution in [0.2, 0.25) is 0 Å². The van der Waals surface area contributed by atoms with Gasteiger partial charge in [0.25, 0.3) is 6.43 Å². The van der Waals surface area contributed by atoms with Crippen LogP contribution in [0.25, 0.3) is 11.0 Å². The topological polar surface area (TPSA) is 159 Å². The van der Waals surface area contributed by atoms with Gasteiger partial charge in [-0.3, -0.25) is 28.8 Å². The predicted octanol–water partition coefficient (Wildman–Crippen LogP) is 2.28. The Labute approximate surface area is 294 Å². The second-order valence-corrected chi connectivity index (χ2v) is 14.8. The molecule has 1 aliphatic carbocycles. The van der Waals surface area contributed by atoms with Crippen molar-refractivity contribution in [3.8, 4) is 0 Å². The summed E-state index contributed by atoms with van der Waals surface area (Å²) in [5.41, 5.74) is 9.50. The van der Waals surface area contributed by atoms with Crippen LogP contribution in [0.5, 0.6) is 0 Å². The second kappa shape index (κ2) is 13.9. The number of hydrazone groups is 1. The molecule has 15 heteroatoms. The van der Waals surface area contributed by atoms with Gasteiger partial charge in [0.1, 0.15) is 17.6 Å². The molecule has 1 aromatic carbocycles. The number of nitrogens with two attached hydrogens (primary N) is 1. The van der Waals surface area contributed by atoms with Crippen LogP contribution < -0.4 is 32.4 Å². The summed E-state index contributed by atoms with van der Waals surface area (Å²) < 4.78 is 31.5. The van der Waals surface area contributed by atoms with Crippen LogP contribution in [0.4, 0.5) is 14.5 Å². The Balaban J connectivity index is 1.05. The molecule has 1 aromatic heterocycles. The Bertz CT molecular complexity index is 1840. The molecule has 1 saturated carbocycles. The van der Waals surface area contributed by atoms with E-state index in [0.717, 1.165) is 75.8 Å². The highest BCUT2D eigenvalue weighted by Crippen LogP contribution is 2.49. The van der Waals surface area contributed by atoms with E-state index >= 15 is 0 Å². The van der Waals surface area contributed by atoms with E-state index in [1.807, 2.05) is 24.4 Å². The molecule has 3 atom stereocenters. The van der Waals surface area contributed by atoms with Crippen molar-refractivity contribution in [2.45, 2.75) is 81.8 Å². The zero-order valence-electron chi connectivity index (χ0n) is 29.0. The summed E-state index contributed by atoms with van der Waals surface area (Å²) in [4.78, 5) is 54.7. The molecule has 0 spiro atoms. The number of alkyl halides is 2. The SMILES string of the molecule is Cn1c(=O)n(C2CCC(=O)NC2=O)c2cccc(N3CCC(CNCC4([C@]5(N6C=CC=C(C(F)F)C6C(N)=O)C=NNC5)CCCCC4)CC3)c21. The highest BCUT2D eigenvalue weighted by molar-refractivity contribution is 6.00. The van der Waals surface area contributed by atoms with Gasteiger partial charge in [0.05, 0.1) is 29.5 Å². The number of amides is 3. The number of hydrogen-bond acceptors (Lipinski definition) is 9. The fourth-order valence-corrected chi connectivity index (χ4v) is 9.35. The normalized spacial score (nSPS) is 26.9. The lowest BCUT2D eigenvalue weighted by molar-refractivity contribution is -0.135. The number of nitrogens with zero attached hydrogens (tertiary/aromatic N) is 5. The number of hydrogen-bond donors (Lipinski definition) is 4. The number of nitrogens with one attached hydrogen (secondary N) is 3. The maximum atomic E-state index is 14.2. The number of benzene rings is 1. The number of anilines is 1. The molecule has 2 aromatic rings. The lowest BCUT2D eigenvalue weighted by atomic mass is 9.60. The third kappa shape index (κ3) is 6.02. The van der Waals surface area contributed by atoms with Gasteiger partial charge in [0, 0.05) is 50.3 Å². The minimum absolute atomic E-state index is 0.188. The molecule has 51 heavy (non-hydrogen) atoms. The average molecular weight is 708 g/mol. The van der Waals surface area contributed by atoms with E-state index in [-0.39, 0.29) is 35.4 Å². The van der Waals surface area contributed by atoms with Crippen LogP contribution in [0.15, 0.2) is 52.0 Å². The number of allylic oxidation sites excluding steroid dienone is 2. The Kier molecular flexibility index (Phi) is 9.50. The summed E-state index contributed by atoms with van der Waals surface area (Å²) in [6.45, 7) is 3.38. The molecule has 4 aliphatic heterocycles. The molecule has 13 nitrogen and oxygen atoms in total. The molecule has 0 bridgehead atoms. The lowest BCUT2D eigenvalue weighted by Gasteiger charge is -2.56. The number of rotatable bonds is 10. The van der Waals surface area contributed by atoms with E-state index in [0.29, 0.717) is 24.5 Å². The smallest absolute Gasteiger partial charge is 0.329 e. The molecule has 7 rings (SSSR count). The quantitative estimate of drug-likeness (QED) is 0.274. The van der Waals surface area contributed by atoms with E-state index in [2.05, 4.69) is 26.1 Å². The van der Waals surface area contributed by atoms with E-state index in [1.165, 1.54) is 10.6 Å². The van der Waals surface area contributed by atoms with Gasteiger partial charge in [-0.1, -0.05) is 31.4 Å². The summed E-state index contributed by atoms with van der Waals surface area (Å²) in [7, 11) is 1.72. The minimum Gasteiger partial charge on any atom is -0.370 e. The summed E-state index contributed by atoms with van der Waals surface area (Å²) >= 11 is 0. The highest BCUT2D eigenvalue weighted by atomic mass is 19.3. The van der Waals surface area contributed by atoms with Gasteiger partial charge in [-0.25, -0.2) is 13.6 Å². The third-order valence-corrected chi connectivity index (χ3v) is 12.0. The summed E-state index contributed by atoms with van der Waals surface area (Å²) in [5.74, 6) is -1.19.